The number of nitrogens with two attached hydrogens (primary N) is 1. The average molecular weight is 297 g/mol. The summed E-state index contributed by atoms with van der Waals surface area (Å²) in [4.78, 5) is 10.5. The number of benzene rings is 1. The SMILES string of the molecule is NC(Cc1ccc(Cl)c(F)c1Br)C(=O)O. The summed E-state index contributed by atoms with van der Waals surface area (Å²) in [7, 11) is 0. The average Bonchev–Trinajstić information content (AvgIpc) is 2.18. The van der Waals surface area contributed by atoms with Crippen molar-refractivity contribution in [1.82, 2.24) is 0 Å². The van der Waals surface area contributed by atoms with Crippen molar-refractivity contribution in [3.63, 3.8) is 0 Å². The number of halogens is 3. The molecule has 0 aliphatic heterocycles. The van der Waals surface area contributed by atoms with Crippen LogP contribution in [0.1, 0.15) is 5.56 Å². The molecular weight excluding hydrogens is 288 g/mol. The lowest BCUT2D eigenvalue weighted by molar-refractivity contribution is -0.138. The molecule has 1 rings (SSSR count). The van der Waals surface area contributed by atoms with Gasteiger partial charge in [0.25, 0.3) is 0 Å². The first-order chi connectivity index (χ1) is 6.93. The minimum atomic E-state index is -1.13. The van der Waals surface area contributed by atoms with Crippen molar-refractivity contribution in [2.75, 3.05) is 0 Å². The predicted octanol–water partition coefficient (Wildman–Crippen LogP) is 2.20. The molecule has 1 aromatic carbocycles. The molecule has 1 aromatic rings. The van der Waals surface area contributed by atoms with Crippen LogP contribution in [0.15, 0.2) is 16.6 Å². The summed E-state index contributed by atoms with van der Waals surface area (Å²) in [5, 5.41) is 8.58. The van der Waals surface area contributed by atoms with Gasteiger partial charge in [0.2, 0.25) is 0 Å². The Bertz CT molecular complexity index is 400. The van der Waals surface area contributed by atoms with Gasteiger partial charge in [-0.15, -0.1) is 0 Å². The van der Waals surface area contributed by atoms with Crippen LogP contribution in [0, 0.1) is 5.82 Å². The Morgan fingerprint density at radius 1 is 1.67 bits per heavy atom. The maximum absolute atomic E-state index is 13.3. The number of hydrogen-bond donors (Lipinski definition) is 2. The van der Waals surface area contributed by atoms with E-state index in [4.69, 9.17) is 22.4 Å². The van der Waals surface area contributed by atoms with E-state index in [-0.39, 0.29) is 15.9 Å². The Morgan fingerprint density at radius 2 is 2.27 bits per heavy atom. The molecule has 0 aromatic heterocycles. The van der Waals surface area contributed by atoms with E-state index in [1.807, 2.05) is 0 Å². The molecule has 0 amide bonds. The van der Waals surface area contributed by atoms with Crippen molar-refractivity contribution in [2.45, 2.75) is 12.5 Å². The first kappa shape index (κ1) is 12.4. The maximum Gasteiger partial charge on any atom is 0.320 e. The molecule has 0 saturated heterocycles. The topological polar surface area (TPSA) is 63.3 Å². The van der Waals surface area contributed by atoms with Crippen LogP contribution in [0.5, 0.6) is 0 Å². The van der Waals surface area contributed by atoms with Crippen LogP contribution < -0.4 is 5.73 Å². The van der Waals surface area contributed by atoms with E-state index >= 15 is 0 Å². The van der Waals surface area contributed by atoms with E-state index < -0.39 is 17.8 Å². The normalized spacial score (nSPS) is 12.5. The Balaban J connectivity index is 2.97. The third kappa shape index (κ3) is 2.90. The zero-order valence-electron chi connectivity index (χ0n) is 7.51. The van der Waals surface area contributed by atoms with Gasteiger partial charge in [0, 0.05) is 0 Å². The van der Waals surface area contributed by atoms with Gasteiger partial charge in [-0.1, -0.05) is 17.7 Å². The molecule has 3 nitrogen and oxygen atoms in total. The third-order valence-electron chi connectivity index (χ3n) is 1.87. The highest BCUT2D eigenvalue weighted by Crippen LogP contribution is 2.27. The molecule has 15 heavy (non-hydrogen) atoms. The molecule has 0 spiro atoms. The van der Waals surface area contributed by atoms with E-state index in [1.165, 1.54) is 12.1 Å². The van der Waals surface area contributed by atoms with Gasteiger partial charge in [-0.05, 0) is 34.0 Å². The molecule has 0 saturated carbocycles. The first-order valence-corrected chi connectivity index (χ1v) is 5.21. The number of hydrogen-bond acceptors (Lipinski definition) is 2. The predicted molar refractivity (Wildman–Crippen MR) is 58.4 cm³/mol. The van der Waals surface area contributed by atoms with E-state index in [0.717, 1.165) is 0 Å². The highest BCUT2D eigenvalue weighted by molar-refractivity contribution is 9.10. The summed E-state index contributed by atoms with van der Waals surface area (Å²) in [5.41, 5.74) is 5.81. The molecule has 0 aliphatic rings. The minimum Gasteiger partial charge on any atom is -0.480 e. The van der Waals surface area contributed by atoms with Gasteiger partial charge in [0.15, 0.2) is 5.82 Å². The van der Waals surface area contributed by atoms with Gasteiger partial charge in [-0.2, -0.15) is 0 Å². The molecule has 0 heterocycles. The highest BCUT2D eigenvalue weighted by atomic mass is 79.9. The van der Waals surface area contributed by atoms with Gasteiger partial charge in [0.1, 0.15) is 6.04 Å². The van der Waals surface area contributed by atoms with Gasteiger partial charge in [-0.25, -0.2) is 4.39 Å². The van der Waals surface area contributed by atoms with E-state index in [0.29, 0.717) is 5.56 Å². The van der Waals surface area contributed by atoms with Crippen LogP contribution in [0.3, 0.4) is 0 Å². The van der Waals surface area contributed by atoms with Crippen molar-refractivity contribution in [3.05, 3.63) is 33.0 Å². The zero-order valence-corrected chi connectivity index (χ0v) is 9.85. The standard InChI is InChI=1S/C9H8BrClFNO2/c10-7-4(3-6(13)9(14)15)1-2-5(11)8(7)12/h1-2,6H,3,13H2,(H,14,15). The second-order valence-electron chi connectivity index (χ2n) is 2.98. The molecule has 3 N–H and O–H groups in total. The molecule has 1 unspecified atom stereocenters. The molecule has 0 aliphatic carbocycles. The molecule has 6 heteroatoms. The fraction of sp³-hybridized carbons (Fsp3) is 0.222. The number of carbonyl (C=O) groups is 1. The van der Waals surface area contributed by atoms with Gasteiger partial charge < -0.3 is 10.8 Å². The summed E-state index contributed by atoms with van der Waals surface area (Å²) in [6.45, 7) is 0. The zero-order chi connectivity index (χ0) is 11.6. The van der Waals surface area contributed by atoms with E-state index in [2.05, 4.69) is 15.9 Å². The molecule has 0 radical (unpaired) electrons. The molecular formula is C9H8BrClFNO2. The maximum atomic E-state index is 13.3. The van der Waals surface area contributed by atoms with Crippen LogP contribution in [0.2, 0.25) is 5.02 Å². The quantitative estimate of drug-likeness (QED) is 0.841. The molecule has 0 bridgehead atoms. The van der Waals surface area contributed by atoms with Crippen LogP contribution in [-0.4, -0.2) is 17.1 Å². The Labute approximate surface area is 99.2 Å². The summed E-state index contributed by atoms with van der Waals surface area (Å²) in [6.07, 6.45) is 0.0456. The summed E-state index contributed by atoms with van der Waals surface area (Å²) in [6, 6.07) is 1.85. The number of carboxylic acids is 1. The highest BCUT2D eigenvalue weighted by Gasteiger charge is 2.16. The van der Waals surface area contributed by atoms with Crippen molar-refractivity contribution >= 4 is 33.5 Å². The monoisotopic (exact) mass is 295 g/mol. The van der Waals surface area contributed by atoms with Crippen LogP contribution >= 0.6 is 27.5 Å². The summed E-state index contributed by atoms with van der Waals surface area (Å²) < 4.78 is 13.4. The van der Waals surface area contributed by atoms with Crippen LogP contribution in [0.4, 0.5) is 4.39 Å². The Kier molecular flexibility index (Phi) is 4.07. The Hall–Kier alpha value is -0.650. The molecule has 0 fully saturated rings. The van der Waals surface area contributed by atoms with Crippen LogP contribution in [0.25, 0.3) is 0 Å². The van der Waals surface area contributed by atoms with E-state index in [1.54, 1.807) is 0 Å². The van der Waals surface area contributed by atoms with Gasteiger partial charge >= 0.3 is 5.97 Å². The van der Waals surface area contributed by atoms with E-state index in [9.17, 15) is 9.18 Å². The second kappa shape index (κ2) is 4.92. The molecule has 1 atom stereocenters. The second-order valence-corrected chi connectivity index (χ2v) is 4.18. The lowest BCUT2D eigenvalue weighted by Gasteiger charge is -2.09. The lowest BCUT2D eigenvalue weighted by Crippen LogP contribution is -2.32. The van der Waals surface area contributed by atoms with Crippen molar-refractivity contribution in [1.29, 1.82) is 0 Å². The Morgan fingerprint density at radius 3 is 2.80 bits per heavy atom. The van der Waals surface area contributed by atoms with Crippen molar-refractivity contribution < 1.29 is 14.3 Å². The fourth-order valence-electron chi connectivity index (χ4n) is 1.05. The smallest absolute Gasteiger partial charge is 0.320 e. The first-order valence-electron chi connectivity index (χ1n) is 4.04. The number of rotatable bonds is 3. The van der Waals surface area contributed by atoms with Gasteiger partial charge in [-0.3, -0.25) is 4.79 Å². The van der Waals surface area contributed by atoms with Crippen molar-refractivity contribution in [2.24, 2.45) is 5.73 Å². The summed E-state index contributed by atoms with van der Waals surface area (Å²) in [5.74, 6) is -1.73. The molecule has 82 valence electrons. The number of carboxylic acid groups (broad SMARTS) is 1. The van der Waals surface area contributed by atoms with Crippen LogP contribution in [-0.2, 0) is 11.2 Å². The number of aliphatic carboxylic acids is 1. The fourth-order valence-corrected chi connectivity index (χ4v) is 1.83. The third-order valence-corrected chi connectivity index (χ3v) is 3.02. The van der Waals surface area contributed by atoms with Gasteiger partial charge in [0.05, 0.1) is 9.50 Å². The lowest BCUT2D eigenvalue weighted by atomic mass is 10.1. The summed E-state index contributed by atoms with van der Waals surface area (Å²) >= 11 is 8.53. The minimum absolute atomic E-state index is 0.0190. The largest absolute Gasteiger partial charge is 0.480 e. The van der Waals surface area contributed by atoms with Crippen molar-refractivity contribution in [3.8, 4) is 0 Å².